The molecule has 1 atom stereocenters. The molecule has 0 aliphatic heterocycles. The molecule has 0 fully saturated rings. The summed E-state index contributed by atoms with van der Waals surface area (Å²) in [7, 11) is 1.81. The van der Waals surface area contributed by atoms with Crippen LogP contribution >= 0.6 is 11.6 Å². The number of rotatable bonds is 6. The normalized spacial score (nSPS) is 12.4. The molecule has 0 aliphatic rings. The minimum atomic E-state index is -4.55. The molecule has 3 aromatic heterocycles. The molecule has 0 spiro atoms. The van der Waals surface area contributed by atoms with Gasteiger partial charge in [-0.2, -0.15) is 18.4 Å². The summed E-state index contributed by atoms with van der Waals surface area (Å²) in [4.78, 5) is 12.6. The Bertz CT molecular complexity index is 1670. The van der Waals surface area contributed by atoms with Crippen LogP contribution in [0, 0.1) is 11.3 Å². The van der Waals surface area contributed by atoms with Crippen LogP contribution in [-0.2, 0) is 24.6 Å². The van der Waals surface area contributed by atoms with Gasteiger partial charge in [-0.1, -0.05) is 41.9 Å². The van der Waals surface area contributed by atoms with Gasteiger partial charge in [-0.25, -0.2) is 4.98 Å². The first-order chi connectivity index (χ1) is 18.3. The number of halogens is 4. The third-order valence-corrected chi connectivity index (χ3v) is 6.47. The van der Waals surface area contributed by atoms with Gasteiger partial charge in [0, 0.05) is 36.0 Å². The second-order valence-corrected chi connectivity index (χ2v) is 8.98. The van der Waals surface area contributed by atoms with Crippen LogP contribution in [0.3, 0.4) is 0 Å². The van der Waals surface area contributed by atoms with E-state index in [1.807, 2.05) is 36.4 Å². The van der Waals surface area contributed by atoms with E-state index < -0.39 is 17.8 Å². The number of para-hydroxylation sites is 1. The maximum atomic E-state index is 13.0. The SMILES string of the molecule is Cn1cncc1C(OCc1ncc(C(F)(F)F)cc1Cl)c1ccc(C#N)c(-c2cccc3cccnc23)c1. The summed E-state index contributed by atoms with van der Waals surface area (Å²) in [5.41, 5.74) is 3.31. The molecule has 10 heteroatoms. The second-order valence-electron chi connectivity index (χ2n) is 8.57. The maximum absolute atomic E-state index is 13.0. The van der Waals surface area contributed by atoms with Gasteiger partial charge in [0.2, 0.25) is 0 Å². The molecule has 2 aromatic carbocycles. The van der Waals surface area contributed by atoms with Crippen molar-refractivity contribution >= 4 is 22.5 Å². The van der Waals surface area contributed by atoms with Gasteiger partial charge in [0.25, 0.3) is 0 Å². The van der Waals surface area contributed by atoms with E-state index in [9.17, 15) is 18.4 Å². The Morgan fingerprint density at radius 1 is 1.05 bits per heavy atom. The van der Waals surface area contributed by atoms with Crippen molar-refractivity contribution in [2.24, 2.45) is 7.05 Å². The van der Waals surface area contributed by atoms with Gasteiger partial charge >= 0.3 is 6.18 Å². The Hall–Kier alpha value is -4.26. The molecule has 38 heavy (non-hydrogen) atoms. The van der Waals surface area contributed by atoms with Crippen LogP contribution in [0.5, 0.6) is 0 Å². The highest BCUT2D eigenvalue weighted by atomic mass is 35.5. The predicted octanol–water partition coefficient (Wildman–Crippen LogP) is 6.88. The fraction of sp³-hybridized carbons (Fsp3) is 0.143. The first-order valence-corrected chi connectivity index (χ1v) is 11.8. The van der Waals surface area contributed by atoms with E-state index in [4.69, 9.17) is 16.3 Å². The van der Waals surface area contributed by atoms with Crippen molar-refractivity contribution in [2.45, 2.75) is 18.9 Å². The van der Waals surface area contributed by atoms with E-state index in [0.29, 0.717) is 22.4 Å². The van der Waals surface area contributed by atoms with Crippen LogP contribution < -0.4 is 0 Å². The van der Waals surface area contributed by atoms with Crippen LogP contribution in [0.4, 0.5) is 13.2 Å². The van der Waals surface area contributed by atoms with Gasteiger partial charge < -0.3 is 9.30 Å². The van der Waals surface area contributed by atoms with E-state index in [1.165, 1.54) is 0 Å². The van der Waals surface area contributed by atoms with Crippen LogP contribution in [0.15, 0.2) is 79.5 Å². The number of hydrogen-bond acceptors (Lipinski definition) is 5. The van der Waals surface area contributed by atoms with E-state index in [1.54, 1.807) is 42.5 Å². The lowest BCUT2D eigenvalue weighted by molar-refractivity contribution is -0.137. The van der Waals surface area contributed by atoms with Crippen molar-refractivity contribution in [1.29, 1.82) is 5.26 Å². The fourth-order valence-corrected chi connectivity index (χ4v) is 4.45. The van der Waals surface area contributed by atoms with Gasteiger partial charge in [-0.3, -0.25) is 9.97 Å². The van der Waals surface area contributed by atoms with Crippen LogP contribution in [0.1, 0.15) is 34.2 Å². The Balaban J connectivity index is 1.56. The highest BCUT2D eigenvalue weighted by Crippen LogP contribution is 2.36. The number of ether oxygens (including phenoxy) is 1. The van der Waals surface area contributed by atoms with Crippen LogP contribution in [-0.4, -0.2) is 19.5 Å². The number of benzene rings is 2. The molecule has 3 heterocycles. The third kappa shape index (κ3) is 4.96. The van der Waals surface area contributed by atoms with E-state index >= 15 is 0 Å². The molecule has 190 valence electrons. The summed E-state index contributed by atoms with van der Waals surface area (Å²) in [6, 6.07) is 18.0. The van der Waals surface area contributed by atoms with E-state index in [-0.39, 0.29) is 17.3 Å². The molecular weight excluding hydrogens is 515 g/mol. The summed E-state index contributed by atoms with van der Waals surface area (Å²) in [6.45, 7) is -0.155. The lowest BCUT2D eigenvalue weighted by atomic mass is 9.93. The molecule has 0 radical (unpaired) electrons. The first kappa shape index (κ1) is 25.4. The Morgan fingerprint density at radius 2 is 1.87 bits per heavy atom. The molecule has 0 saturated carbocycles. The molecule has 0 amide bonds. The molecule has 0 N–H and O–H groups in total. The highest BCUT2D eigenvalue weighted by Gasteiger charge is 2.31. The number of hydrogen-bond donors (Lipinski definition) is 0. The van der Waals surface area contributed by atoms with Crippen molar-refractivity contribution in [3.63, 3.8) is 0 Å². The Kier molecular flexibility index (Phi) is 6.85. The Labute approximate surface area is 220 Å². The molecule has 0 aliphatic carbocycles. The molecule has 1 unspecified atom stereocenters. The van der Waals surface area contributed by atoms with Gasteiger partial charge in [-0.15, -0.1) is 0 Å². The number of imidazole rings is 1. The zero-order valence-electron chi connectivity index (χ0n) is 19.9. The van der Waals surface area contributed by atoms with Gasteiger partial charge in [0.05, 0.1) is 58.3 Å². The number of aryl methyl sites for hydroxylation is 1. The average Bonchev–Trinajstić information content (AvgIpc) is 3.34. The van der Waals surface area contributed by atoms with Crippen LogP contribution in [0.2, 0.25) is 5.02 Å². The van der Waals surface area contributed by atoms with Crippen LogP contribution in [0.25, 0.3) is 22.0 Å². The number of nitrogens with zero attached hydrogens (tertiary/aromatic N) is 5. The first-order valence-electron chi connectivity index (χ1n) is 11.4. The fourth-order valence-electron chi connectivity index (χ4n) is 4.23. The minimum absolute atomic E-state index is 0.147. The third-order valence-electron chi connectivity index (χ3n) is 6.14. The summed E-state index contributed by atoms with van der Waals surface area (Å²) in [5, 5.41) is 10.6. The van der Waals surface area contributed by atoms with Gasteiger partial charge in [0.1, 0.15) is 6.10 Å². The molecule has 5 rings (SSSR count). The summed E-state index contributed by atoms with van der Waals surface area (Å²) < 4.78 is 47.1. The smallest absolute Gasteiger partial charge is 0.361 e. The Morgan fingerprint density at radius 3 is 2.58 bits per heavy atom. The average molecular weight is 534 g/mol. The zero-order valence-corrected chi connectivity index (χ0v) is 20.7. The van der Waals surface area contributed by atoms with Crippen molar-refractivity contribution < 1.29 is 17.9 Å². The highest BCUT2D eigenvalue weighted by molar-refractivity contribution is 6.31. The monoisotopic (exact) mass is 533 g/mol. The largest absolute Gasteiger partial charge is 0.417 e. The topological polar surface area (TPSA) is 76.6 Å². The molecular formula is C28H19ClF3N5O. The summed E-state index contributed by atoms with van der Waals surface area (Å²) >= 11 is 6.12. The number of fused-ring (bicyclic) bond motifs is 1. The minimum Gasteiger partial charge on any atom is -0.361 e. The second kappa shape index (κ2) is 10.2. The van der Waals surface area contributed by atoms with Crippen molar-refractivity contribution in [3.8, 4) is 17.2 Å². The maximum Gasteiger partial charge on any atom is 0.417 e. The van der Waals surface area contributed by atoms with Crippen molar-refractivity contribution in [1.82, 2.24) is 19.5 Å². The van der Waals surface area contributed by atoms with E-state index in [0.717, 1.165) is 28.7 Å². The summed E-state index contributed by atoms with van der Waals surface area (Å²) in [5.74, 6) is 0. The number of pyridine rings is 2. The lowest BCUT2D eigenvalue weighted by Crippen LogP contribution is -2.12. The molecule has 5 aromatic rings. The van der Waals surface area contributed by atoms with Crippen molar-refractivity contribution in [3.05, 3.63) is 113 Å². The standard InChI is InChI=1S/C28H19ClF3N5O/c1-37-16-34-14-25(37)27(38-15-24-23(29)11-20(13-36-24)28(30,31)32)18-7-8-19(12-33)22(10-18)21-6-2-4-17-5-3-9-35-26(17)21/h2-11,13-14,16,27H,15H2,1H3. The quantitative estimate of drug-likeness (QED) is 0.238. The van der Waals surface area contributed by atoms with Gasteiger partial charge in [-0.05, 0) is 29.8 Å². The number of alkyl halides is 3. The lowest BCUT2D eigenvalue weighted by Gasteiger charge is -2.21. The number of aromatic nitrogens is 4. The predicted molar refractivity (Wildman–Crippen MR) is 136 cm³/mol. The molecule has 6 nitrogen and oxygen atoms in total. The molecule has 0 saturated heterocycles. The van der Waals surface area contributed by atoms with E-state index in [2.05, 4.69) is 21.0 Å². The van der Waals surface area contributed by atoms with Gasteiger partial charge in [0.15, 0.2) is 0 Å². The zero-order chi connectivity index (χ0) is 26.9. The van der Waals surface area contributed by atoms with Crippen molar-refractivity contribution in [2.75, 3.05) is 0 Å². The summed E-state index contributed by atoms with van der Waals surface area (Å²) in [6.07, 6.45) is 0.457. The number of nitriles is 1. The molecule has 0 bridgehead atoms.